The minimum absolute atomic E-state index is 0.0902. The van der Waals surface area contributed by atoms with Gasteiger partial charge in [-0.2, -0.15) is 0 Å². The van der Waals surface area contributed by atoms with E-state index >= 15 is 0 Å². The molecule has 1 N–H and O–H groups in total. The number of methoxy groups -OCH3 is 1. The second-order valence-corrected chi connectivity index (χ2v) is 8.72. The van der Waals surface area contributed by atoms with Crippen LogP contribution in [0.25, 0.3) is 0 Å². The third-order valence-corrected chi connectivity index (χ3v) is 6.48. The van der Waals surface area contributed by atoms with E-state index in [1.165, 1.54) is 13.5 Å². The van der Waals surface area contributed by atoms with E-state index in [1.807, 2.05) is 0 Å². The third-order valence-electron chi connectivity index (χ3n) is 6.04. The molecule has 4 fully saturated rings. The Labute approximate surface area is 146 Å². The van der Waals surface area contributed by atoms with Crippen molar-refractivity contribution in [2.45, 2.75) is 43.4 Å². The summed E-state index contributed by atoms with van der Waals surface area (Å²) in [4.78, 5) is 24.3. The van der Waals surface area contributed by atoms with Gasteiger partial charge in [-0.25, -0.2) is 4.79 Å². The van der Waals surface area contributed by atoms with Crippen LogP contribution in [0.3, 0.4) is 0 Å². The van der Waals surface area contributed by atoms with Gasteiger partial charge in [0.05, 0.1) is 18.1 Å². The van der Waals surface area contributed by atoms with Crippen LogP contribution in [0.15, 0.2) is 24.3 Å². The molecule has 0 saturated heterocycles. The molecule has 1 aromatic rings. The zero-order valence-electron chi connectivity index (χ0n) is 13.8. The predicted molar refractivity (Wildman–Crippen MR) is 92.1 cm³/mol. The van der Waals surface area contributed by atoms with Crippen molar-refractivity contribution in [2.75, 3.05) is 12.4 Å². The summed E-state index contributed by atoms with van der Waals surface area (Å²) in [7, 11) is 1.35. The van der Waals surface area contributed by atoms with Gasteiger partial charge in [0.15, 0.2) is 0 Å². The lowest BCUT2D eigenvalue weighted by Crippen LogP contribution is -2.57. The summed E-state index contributed by atoms with van der Waals surface area (Å²) in [5.74, 6) is 0.901. The van der Waals surface area contributed by atoms with Crippen molar-refractivity contribution in [2.24, 2.45) is 17.3 Å². The number of ether oxygens (including phenoxy) is 1. The molecule has 1 amide bonds. The first-order valence-corrected chi connectivity index (χ1v) is 8.98. The molecule has 0 spiro atoms. The van der Waals surface area contributed by atoms with Crippen molar-refractivity contribution in [3.8, 4) is 0 Å². The summed E-state index contributed by atoms with van der Waals surface area (Å²) in [6.07, 6.45) is 6.08. The first-order valence-electron chi connectivity index (χ1n) is 8.60. The molecule has 0 heterocycles. The Hall–Kier alpha value is -1.55. The number of benzene rings is 1. The summed E-state index contributed by atoms with van der Waals surface area (Å²) in [6, 6.07) is 6.84. The fraction of sp³-hybridized carbons (Fsp3) is 0.579. The standard InChI is InChI=1S/C19H22ClNO3/c1-24-16(22)14-2-4-15(5-3-14)21-17(23)18-7-12-6-13(8-18)10-19(20,9-12)11-18/h2-5,12-13H,6-11H2,1H3,(H,21,23)/t12-,13-,18?,19?/m1/s1. The number of nitrogens with one attached hydrogen (secondary N) is 1. The second kappa shape index (κ2) is 5.48. The number of alkyl halides is 1. The molecule has 0 aliphatic heterocycles. The number of carbonyl (C=O) groups is 2. The highest BCUT2D eigenvalue weighted by molar-refractivity contribution is 6.24. The van der Waals surface area contributed by atoms with Crippen LogP contribution in [-0.4, -0.2) is 23.9 Å². The number of esters is 1. The topological polar surface area (TPSA) is 55.4 Å². The van der Waals surface area contributed by atoms with Gasteiger partial charge in [0.1, 0.15) is 0 Å². The van der Waals surface area contributed by atoms with E-state index in [0.29, 0.717) is 23.1 Å². The minimum Gasteiger partial charge on any atom is -0.465 e. The van der Waals surface area contributed by atoms with Gasteiger partial charge in [-0.15, -0.1) is 11.6 Å². The molecule has 5 rings (SSSR count). The maximum Gasteiger partial charge on any atom is 0.337 e. The van der Waals surface area contributed by atoms with E-state index in [4.69, 9.17) is 16.3 Å². The SMILES string of the molecule is COC(=O)c1ccc(NC(=O)C23C[C@H]4C[C@@H](CC(Cl)(C4)C2)C3)cc1. The lowest BCUT2D eigenvalue weighted by atomic mass is 9.49. The lowest BCUT2D eigenvalue weighted by molar-refractivity contribution is -0.138. The summed E-state index contributed by atoms with van der Waals surface area (Å²) < 4.78 is 4.69. The van der Waals surface area contributed by atoms with Crippen LogP contribution in [0.1, 0.15) is 48.9 Å². The quantitative estimate of drug-likeness (QED) is 0.664. The lowest BCUT2D eigenvalue weighted by Gasteiger charge is -2.59. The number of hydrogen-bond donors (Lipinski definition) is 1. The Balaban J connectivity index is 1.51. The van der Waals surface area contributed by atoms with Crippen molar-refractivity contribution in [1.82, 2.24) is 0 Å². The fourth-order valence-corrected chi connectivity index (χ4v) is 6.18. The van der Waals surface area contributed by atoms with Crippen LogP contribution in [0, 0.1) is 17.3 Å². The first kappa shape index (κ1) is 15.9. The van der Waals surface area contributed by atoms with Crippen LogP contribution < -0.4 is 5.32 Å². The Bertz CT molecular complexity index is 670. The molecule has 0 unspecified atom stereocenters. The zero-order valence-corrected chi connectivity index (χ0v) is 14.6. The van der Waals surface area contributed by atoms with Gasteiger partial charge in [0.2, 0.25) is 5.91 Å². The Morgan fingerprint density at radius 2 is 1.75 bits per heavy atom. The summed E-state index contributed by atoms with van der Waals surface area (Å²) >= 11 is 6.81. The molecular formula is C19H22ClNO3. The zero-order chi connectivity index (χ0) is 16.9. The van der Waals surface area contributed by atoms with E-state index in [0.717, 1.165) is 32.1 Å². The van der Waals surface area contributed by atoms with Crippen molar-refractivity contribution in [1.29, 1.82) is 0 Å². The molecule has 4 saturated carbocycles. The smallest absolute Gasteiger partial charge is 0.337 e. The molecule has 4 aliphatic rings. The molecule has 24 heavy (non-hydrogen) atoms. The molecule has 0 aromatic heterocycles. The van der Waals surface area contributed by atoms with Gasteiger partial charge in [0, 0.05) is 10.6 Å². The first-order chi connectivity index (χ1) is 11.4. The third kappa shape index (κ3) is 2.61. The molecular weight excluding hydrogens is 326 g/mol. The van der Waals surface area contributed by atoms with E-state index in [2.05, 4.69) is 5.32 Å². The molecule has 128 valence electrons. The second-order valence-electron chi connectivity index (χ2n) is 7.92. The normalized spacial score (nSPS) is 36.4. The number of hydrogen-bond acceptors (Lipinski definition) is 3. The van der Waals surface area contributed by atoms with E-state index in [9.17, 15) is 9.59 Å². The largest absolute Gasteiger partial charge is 0.465 e. The van der Waals surface area contributed by atoms with E-state index in [-0.39, 0.29) is 22.2 Å². The molecule has 1 aromatic carbocycles. The predicted octanol–water partition coefficient (Wildman–Crippen LogP) is 3.99. The number of rotatable bonds is 3. The molecule has 4 aliphatic carbocycles. The van der Waals surface area contributed by atoms with Gasteiger partial charge < -0.3 is 10.1 Å². The summed E-state index contributed by atoms with van der Waals surface area (Å²) in [5, 5.41) is 3.05. The highest BCUT2D eigenvalue weighted by Gasteiger charge is 2.60. The Kier molecular flexibility index (Phi) is 3.64. The molecule has 0 radical (unpaired) electrons. The number of amides is 1. The van der Waals surface area contributed by atoms with Gasteiger partial charge in [-0.1, -0.05) is 0 Å². The summed E-state index contributed by atoms with van der Waals surface area (Å²) in [6.45, 7) is 0. The average molecular weight is 348 g/mol. The number of halogens is 1. The monoisotopic (exact) mass is 347 g/mol. The van der Waals surface area contributed by atoms with Crippen LogP contribution in [-0.2, 0) is 9.53 Å². The molecule has 5 heteroatoms. The van der Waals surface area contributed by atoms with Crippen molar-refractivity contribution in [3.05, 3.63) is 29.8 Å². The van der Waals surface area contributed by atoms with Gasteiger partial charge >= 0.3 is 5.97 Å². The average Bonchev–Trinajstić information content (AvgIpc) is 2.52. The Morgan fingerprint density at radius 1 is 1.12 bits per heavy atom. The van der Waals surface area contributed by atoms with E-state index in [1.54, 1.807) is 24.3 Å². The number of carbonyl (C=O) groups excluding carboxylic acids is 2. The summed E-state index contributed by atoms with van der Waals surface area (Å²) in [5.41, 5.74) is 0.879. The van der Waals surface area contributed by atoms with Crippen LogP contribution in [0.5, 0.6) is 0 Å². The van der Waals surface area contributed by atoms with Crippen LogP contribution in [0.4, 0.5) is 5.69 Å². The van der Waals surface area contributed by atoms with Gasteiger partial charge in [0.25, 0.3) is 0 Å². The maximum atomic E-state index is 13.0. The van der Waals surface area contributed by atoms with Crippen molar-refractivity contribution >= 4 is 29.2 Å². The van der Waals surface area contributed by atoms with Gasteiger partial charge in [-0.3, -0.25) is 4.79 Å². The molecule has 2 atom stereocenters. The van der Waals surface area contributed by atoms with Gasteiger partial charge in [-0.05, 0) is 74.6 Å². The molecule has 4 bridgehead atoms. The van der Waals surface area contributed by atoms with Crippen LogP contribution in [0.2, 0.25) is 0 Å². The fourth-order valence-electron chi connectivity index (χ4n) is 5.49. The highest BCUT2D eigenvalue weighted by atomic mass is 35.5. The number of anilines is 1. The Morgan fingerprint density at radius 3 is 2.29 bits per heavy atom. The van der Waals surface area contributed by atoms with Crippen molar-refractivity contribution in [3.63, 3.8) is 0 Å². The van der Waals surface area contributed by atoms with E-state index < -0.39 is 0 Å². The highest BCUT2D eigenvalue weighted by Crippen LogP contribution is 2.64. The van der Waals surface area contributed by atoms with Crippen molar-refractivity contribution < 1.29 is 14.3 Å². The minimum atomic E-state index is -0.377. The van der Waals surface area contributed by atoms with Crippen LogP contribution >= 0.6 is 11.6 Å². The molecule has 4 nitrogen and oxygen atoms in total. The maximum absolute atomic E-state index is 13.0.